The van der Waals surface area contributed by atoms with Crippen molar-refractivity contribution in [1.29, 1.82) is 5.26 Å². The van der Waals surface area contributed by atoms with Gasteiger partial charge < -0.3 is 5.32 Å². The Balaban J connectivity index is 2.11. The van der Waals surface area contributed by atoms with Gasteiger partial charge >= 0.3 is 0 Å². The summed E-state index contributed by atoms with van der Waals surface area (Å²) in [5.74, 6) is 0. The molecule has 0 aliphatic rings. The summed E-state index contributed by atoms with van der Waals surface area (Å²) in [6.45, 7) is 1.96. The zero-order valence-corrected chi connectivity index (χ0v) is 12.1. The minimum Gasteiger partial charge on any atom is -0.353 e. The molecule has 3 nitrogen and oxygen atoms in total. The number of nitriles is 1. The summed E-state index contributed by atoms with van der Waals surface area (Å²) < 4.78 is 0. The van der Waals surface area contributed by atoms with Gasteiger partial charge in [-0.3, -0.25) is 4.98 Å². The van der Waals surface area contributed by atoms with Gasteiger partial charge in [0.05, 0.1) is 22.5 Å². The van der Waals surface area contributed by atoms with Gasteiger partial charge in [0.2, 0.25) is 0 Å². The highest BCUT2D eigenvalue weighted by molar-refractivity contribution is 6.30. The van der Waals surface area contributed by atoms with Crippen LogP contribution < -0.4 is 5.32 Å². The molecule has 0 atom stereocenters. The first-order valence-corrected chi connectivity index (χ1v) is 6.88. The molecule has 0 saturated heterocycles. The lowest BCUT2D eigenvalue weighted by Crippen LogP contribution is -1.96. The van der Waals surface area contributed by atoms with E-state index in [9.17, 15) is 5.26 Å². The second-order valence-electron chi connectivity index (χ2n) is 4.76. The van der Waals surface area contributed by atoms with Gasteiger partial charge in [0.25, 0.3) is 0 Å². The molecule has 0 bridgehead atoms. The molecule has 0 aliphatic heterocycles. The van der Waals surface area contributed by atoms with Crippen molar-refractivity contribution < 1.29 is 0 Å². The van der Waals surface area contributed by atoms with Crippen molar-refractivity contribution in [2.75, 3.05) is 5.32 Å². The molecule has 4 heteroatoms. The van der Waals surface area contributed by atoms with Gasteiger partial charge in [0, 0.05) is 16.1 Å². The van der Waals surface area contributed by atoms with Gasteiger partial charge in [0.1, 0.15) is 6.07 Å². The van der Waals surface area contributed by atoms with Gasteiger partial charge in [-0.2, -0.15) is 5.26 Å². The normalized spacial score (nSPS) is 10.3. The van der Waals surface area contributed by atoms with Gasteiger partial charge in [-0.05, 0) is 37.3 Å². The fourth-order valence-corrected chi connectivity index (χ4v) is 2.38. The number of hydrogen-bond donors (Lipinski definition) is 1. The van der Waals surface area contributed by atoms with Crippen molar-refractivity contribution in [3.63, 3.8) is 0 Å². The van der Waals surface area contributed by atoms with Gasteiger partial charge in [-0.1, -0.05) is 29.8 Å². The van der Waals surface area contributed by atoms with E-state index in [1.165, 1.54) is 0 Å². The number of rotatable bonds is 2. The Morgan fingerprint density at radius 2 is 1.95 bits per heavy atom. The molecule has 1 heterocycles. The maximum Gasteiger partial charge on any atom is 0.101 e. The van der Waals surface area contributed by atoms with Crippen LogP contribution in [0.1, 0.15) is 11.3 Å². The summed E-state index contributed by atoms with van der Waals surface area (Å²) in [6, 6.07) is 17.3. The minimum absolute atomic E-state index is 0.507. The Morgan fingerprint density at radius 1 is 1.10 bits per heavy atom. The number of fused-ring (bicyclic) bond motifs is 1. The van der Waals surface area contributed by atoms with Crippen LogP contribution >= 0.6 is 11.6 Å². The number of pyridine rings is 1. The molecule has 0 saturated carbocycles. The standard InChI is InChI=1S/C17H12ClN3/c1-11-5-6-12-3-2-4-16(17(12)20-11)21-15-8-7-14(18)9-13(15)10-19/h2-9,21H,1H3. The van der Waals surface area contributed by atoms with E-state index in [1.54, 1.807) is 18.2 Å². The molecule has 2 aromatic carbocycles. The maximum atomic E-state index is 9.21. The molecular weight excluding hydrogens is 282 g/mol. The third-order valence-corrected chi connectivity index (χ3v) is 3.47. The van der Waals surface area contributed by atoms with E-state index < -0.39 is 0 Å². The Bertz CT molecular complexity index is 866. The second-order valence-corrected chi connectivity index (χ2v) is 5.19. The number of aromatic nitrogens is 1. The summed E-state index contributed by atoms with van der Waals surface area (Å²) in [7, 11) is 0. The number of nitrogens with one attached hydrogen (secondary N) is 1. The first-order valence-electron chi connectivity index (χ1n) is 6.50. The topological polar surface area (TPSA) is 48.7 Å². The first-order chi connectivity index (χ1) is 10.2. The van der Waals surface area contributed by atoms with E-state index in [1.807, 2.05) is 37.3 Å². The lowest BCUT2D eigenvalue weighted by molar-refractivity contribution is 1.25. The van der Waals surface area contributed by atoms with Crippen molar-refractivity contribution in [2.24, 2.45) is 0 Å². The van der Waals surface area contributed by atoms with Crippen LogP contribution in [0, 0.1) is 18.3 Å². The van der Waals surface area contributed by atoms with Crippen LogP contribution in [-0.2, 0) is 0 Å². The van der Waals surface area contributed by atoms with Crippen LogP contribution in [0.4, 0.5) is 11.4 Å². The van der Waals surface area contributed by atoms with Gasteiger partial charge in [0.15, 0.2) is 0 Å². The molecule has 102 valence electrons. The van der Waals surface area contributed by atoms with Crippen LogP contribution in [0.2, 0.25) is 5.02 Å². The summed E-state index contributed by atoms with van der Waals surface area (Å²) in [4.78, 5) is 4.57. The highest BCUT2D eigenvalue weighted by Crippen LogP contribution is 2.28. The molecule has 0 spiro atoms. The smallest absolute Gasteiger partial charge is 0.101 e. The number of para-hydroxylation sites is 1. The highest BCUT2D eigenvalue weighted by Gasteiger charge is 2.07. The molecule has 0 amide bonds. The maximum absolute atomic E-state index is 9.21. The number of aryl methyl sites for hydroxylation is 1. The van der Waals surface area contributed by atoms with Gasteiger partial charge in [-0.25, -0.2) is 0 Å². The Kier molecular flexibility index (Phi) is 3.47. The second kappa shape index (κ2) is 5.43. The van der Waals surface area contributed by atoms with Crippen molar-refractivity contribution in [2.45, 2.75) is 6.92 Å². The summed E-state index contributed by atoms with van der Waals surface area (Å²) in [5, 5.41) is 14.1. The SMILES string of the molecule is Cc1ccc2cccc(Nc3ccc(Cl)cc3C#N)c2n1. The van der Waals surface area contributed by atoms with Crippen LogP contribution in [0.15, 0.2) is 48.5 Å². The molecule has 1 aromatic heterocycles. The van der Waals surface area contributed by atoms with Crippen LogP contribution in [0.3, 0.4) is 0 Å². The number of halogens is 1. The summed E-state index contributed by atoms with van der Waals surface area (Å²) in [5.41, 5.74) is 3.93. The predicted octanol–water partition coefficient (Wildman–Crippen LogP) is 4.81. The Morgan fingerprint density at radius 3 is 2.76 bits per heavy atom. The molecule has 3 aromatic rings. The van der Waals surface area contributed by atoms with Crippen molar-refractivity contribution in [3.05, 3.63) is 64.8 Å². The fourth-order valence-electron chi connectivity index (χ4n) is 2.21. The van der Waals surface area contributed by atoms with Crippen molar-refractivity contribution in [3.8, 4) is 6.07 Å². The average Bonchev–Trinajstić information content (AvgIpc) is 2.49. The molecular formula is C17H12ClN3. The predicted molar refractivity (Wildman–Crippen MR) is 85.9 cm³/mol. The molecule has 21 heavy (non-hydrogen) atoms. The fraction of sp³-hybridized carbons (Fsp3) is 0.0588. The van der Waals surface area contributed by atoms with Gasteiger partial charge in [-0.15, -0.1) is 0 Å². The van der Waals surface area contributed by atoms with Crippen molar-refractivity contribution >= 4 is 33.9 Å². The quantitative estimate of drug-likeness (QED) is 0.737. The molecule has 0 unspecified atom stereocenters. The van der Waals surface area contributed by atoms with E-state index >= 15 is 0 Å². The Hall–Kier alpha value is -2.57. The van der Waals surface area contributed by atoms with Crippen LogP contribution in [0.5, 0.6) is 0 Å². The van der Waals surface area contributed by atoms with E-state index in [-0.39, 0.29) is 0 Å². The summed E-state index contributed by atoms with van der Waals surface area (Å²) >= 11 is 5.92. The third kappa shape index (κ3) is 2.67. The van der Waals surface area contributed by atoms with E-state index in [4.69, 9.17) is 11.6 Å². The lowest BCUT2D eigenvalue weighted by Gasteiger charge is -2.11. The zero-order valence-electron chi connectivity index (χ0n) is 11.4. The average molecular weight is 294 g/mol. The number of hydrogen-bond acceptors (Lipinski definition) is 3. The third-order valence-electron chi connectivity index (χ3n) is 3.23. The Labute approximate surface area is 127 Å². The molecule has 1 N–H and O–H groups in total. The van der Waals surface area contributed by atoms with Crippen LogP contribution in [0.25, 0.3) is 10.9 Å². The van der Waals surface area contributed by atoms with E-state index in [2.05, 4.69) is 16.4 Å². The largest absolute Gasteiger partial charge is 0.353 e. The monoisotopic (exact) mass is 293 g/mol. The zero-order chi connectivity index (χ0) is 14.8. The van der Waals surface area contributed by atoms with E-state index in [0.29, 0.717) is 10.6 Å². The van der Waals surface area contributed by atoms with Crippen molar-refractivity contribution in [1.82, 2.24) is 4.98 Å². The molecule has 3 rings (SSSR count). The molecule has 0 aliphatic carbocycles. The lowest BCUT2D eigenvalue weighted by atomic mass is 10.1. The highest BCUT2D eigenvalue weighted by atomic mass is 35.5. The number of benzene rings is 2. The number of nitrogens with zero attached hydrogens (tertiary/aromatic N) is 2. The molecule has 0 radical (unpaired) electrons. The summed E-state index contributed by atoms with van der Waals surface area (Å²) in [6.07, 6.45) is 0. The number of anilines is 2. The minimum atomic E-state index is 0.507. The molecule has 0 fully saturated rings. The van der Waals surface area contributed by atoms with E-state index in [0.717, 1.165) is 28.0 Å². The van der Waals surface area contributed by atoms with Crippen LogP contribution in [-0.4, -0.2) is 4.98 Å². The first kappa shape index (κ1) is 13.4.